The molecule has 0 aliphatic carbocycles. The highest BCUT2D eigenvalue weighted by molar-refractivity contribution is 7.11. The maximum absolute atomic E-state index is 5.90. The highest BCUT2D eigenvalue weighted by Gasteiger charge is 2.05. The third kappa shape index (κ3) is 2.18. The molecule has 0 saturated carbocycles. The molecule has 2 rings (SSSR count). The fourth-order valence-corrected chi connectivity index (χ4v) is 1.65. The van der Waals surface area contributed by atoms with E-state index >= 15 is 0 Å². The molecule has 1 heterocycles. The monoisotopic (exact) mass is 244 g/mol. The molecule has 5 heteroatoms. The first kappa shape index (κ1) is 9.77. The van der Waals surface area contributed by atoms with E-state index in [1.54, 1.807) is 23.6 Å². The third-order valence-corrected chi connectivity index (χ3v) is 2.61. The van der Waals surface area contributed by atoms with Gasteiger partial charge in [0.05, 0.1) is 5.02 Å². The van der Waals surface area contributed by atoms with Crippen molar-refractivity contribution >= 4 is 34.5 Å². The van der Waals surface area contributed by atoms with Crippen LogP contribution >= 0.6 is 34.5 Å². The minimum absolute atomic E-state index is 0.495. The number of aromatic nitrogens is 1. The molecule has 2 nitrogen and oxygen atoms in total. The van der Waals surface area contributed by atoms with Crippen LogP contribution in [0.4, 0.5) is 0 Å². The number of halogens is 2. The van der Waals surface area contributed by atoms with Crippen LogP contribution in [0.1, 0.15) is 0 Å². The average Bonchev–Trinajstić information content (AvgIpc) is 2.64. The maximum atomic E-state index is 5.90. The molecular weight excluding hydrogens is 241 g/mol. The third-order valence-electron chi connectivity index (χ3n) is 1.46. The van der Waals surface area contributed by atoms with Crippen molar-refractivity contribution in [3.63, 3.8) is 0 Å². The Bertz CT molecular complexity index is 430. The van der Waals surface area contributed by atoms with Gasteiger partial charge in [-0.25, -0.2) is 4.98 Å². The number of benzene rings is 1. The van der Waals surface area contributed by atoms with Crippen LogP contribution in [0, 0.1) is 6.20 Å². The van der Waals surface area contributed by atoms with E-state index in [-0.39, 0.29) is 0 Å². The van der Waals surface area contributed by atoms with Crippen LogP contribution in [-0.4, -0.2) is 4.98 Å². The molecule has 0 atom stereocenters. The number of hydrogen-bond donors (Lipinski definition) is 0. The molecule has 14 heavy (non-hydrogen) atoms. The highest BCUT2D eigenvalue weighted by atomic mass is 35.5. The first-order valence-electron chi connectivity index (χ1n) is 3.70. The minimum atomic E-state index is 0.495. The van der Waals surface area contributed by atoms with Crippen molar-refractivity contribution in [2.24, 2.45) is 0 Å². The van der Waals surface area contributed by atoms with Crippen LogP contribution in [0.2, 0.25) is 10.0 Å². The lowest BCUT2D eigenvalue weighted by Crippen LogP contribution is -1.83. The van der Waals surface area contributed by atoms with Crippen LogP contribution in [-0.2, 0) is 0 Å². The molecule has 2 aromatic rings. The van der Waals surface area contributed by atoms with Crippen LogP contribution < -0.4 is 4.74 Å². The summed E-state index contributed by atoms with van der Waals surface area (Å²) in [5.41, 5.74) is 0. The Morgan fingerprint density at radius 2 is 2.21 bits per heavy atom. The Labute approximate surface area is 95.1 Å². The van der Waals surface area contributed by atoms with Gasteiger partial charge in [-0.1, -0.05) is 34.5 Å². The molecule has 1 aromatic heterocycles. The van der Waals surface area contributed by atoms with Crippen LogP contribution in [0.25, 0.3) is 0 Å². The van der Waals surface area contributed by atoms with E-state index in [2.05, 4.69) is 11.2 Å². The van der Waals surface area contributed by atoms with E-state index in [0.717, 1.165) is 0 Å². The number of rotatable bonds is 2. The van der Waals surface area contributed by atoms with Gasteiger partial charge < -0.3 is 4.74 Å². The van der Waals surface area contributed by atoms with Gasteiger partial charge in [0.15, 0.2) is 0 Å². The average molecular weight is 245 g/mol. The largest absolute Gasteiger partial charge is 0.429 e. The van der Waals surface area contributed by atoms with Gasteiger partial charge in [0.25, 0.3) is 5.19 Å². The quantitative estimate of drug-likeness (QED) is 0.796. The van der Waals surface area contributed by atoms with Gasteiger partial charge in [-0.3, -0.25) is 0 Å². The second kappa shape index (κ2) is 4.17. The lowest BCUT2D eigenvalue weighted by molar-refractivity contribution is 0.479. The molecule has 1 aromatic carbocycles. The summed E-state index contributed by atoms with van der Waals surface area (Å²) in [5.74, 6) is 0.502. The van der Waals surface area contributed by atoms with Crippen molar-refractivity contribution in [1.82, 2.24) is 4.98 Å². The van der Waals surface area contributed by atoms with Gasteiger partial charge >= 0.3 is 0 Å². The summed E-state index contributed by atoms with van der Waals surface area (Å²) in [7, 11) is 0. The van der Waals surface area contributed by atoms with Crippen molar-refractivity contribution in [2.75, 3.05) is 0 Å². The predicted octanol–water partition coefficient (Wildman–Crippen LogP) is 4.04. The summed E-state index contributed by atoms with van der Waals surface area (Å²) in [6, 6.07) is 5.02. The predicted molar refractivity (Wildman–Crippen MR) is 57.5 cm³/mol. The van der Waals surface area contributed by atoms with E-state index in [1.165, 1.54) is 11.3 Å². The van der Waals surface area contributed by atoms with Crippen molar-refractivity contribution in [3.05, 3.63) is 39.8 Å². The normalized spacial score (nSPS) is 10.1. The van der Waals surface area contributed by atoms with Gasteiger partial charge in [-0.05, 0) is 12.1 Å². The molecule has 0 saturated heterocycles. The molecule has 1 radical (unpaired) electrons. The zero-order chi connectivity index (χ0) is 9.97. The molecule has 0 N–H and O–H groups in total. The number of thiazole rings is 1. The summed E-state index contributed by atoms with van der Waals surface area (Å²) in [5, 5.41) is 3.28. The fraction of sp³-hybridized carbons (Fsp3) is 0. The Hall–Kier alpha value is -0.770. The summed E-state index contributed by atoms with van der Waals surface area (Å²) >= 11 is 13.0. The molecule has 0 aliphatic heterocycles. The minimum Gasteiger partial charge on any atom is -0.429 e. The topological polar surface area (TPSA) is 22.1 Å². The van der Waals surface area contributed by atoms with Crippen molar-refractivity contribution in [2.45, 2.75) is 0 Å². The smallest absolute Gasteiger partial charge is 0.279 e. The first-order chi connectivity index (χ1) is 6.75. The van der Waals surface area contributed by atoms with Crippen molar-refractivity contribution in [3.8, 4) is 10.9 Å². The number of nitrogens with zero attached hydrogens (tertiary/aromatic N) is 1. The Morgan fingerprint density at radius 3 is 2.93 bits per heavy atom. The summed E-state index contributed by atoms with van der Waals surface area (Å²) in [4.78, 5) is 3.85. The van der Waals surface area contributed by atoms with Gasteiger partial charge in [-0.2, -0.15) is 0 Å². The molecular formula is C9H4Cl2NOS. The van der Waals surface area contributed by atoms with E-state index in [4.69, 9.17) is 27.9 Å². The second-order valence-electron chi connectivity index (χ2n) is 2.42. The molecule has 0 spiro atoms. The molecule has 0 aliphatic rings. The lowest BCUT2D eigenvalue weighted by Gasteiger charge is -2.03. The zero-order valence-electron chi connectivity index (χ0n) is 6.83. The molecule has 0 unspecified atom stereocenters. The SMILES string of the molecule is Clc1ccc(Cl)c(Oc2n[c]cs2)c1. The first-order valence-corrected chi connectivity index (χ1v) is 5.34. The van der Waals surface area contributed by atoms with Gasteiger partial charge in [0, 0.05) is 16.5 Å². The molecule has 71 valence electrons. The Balaban J connectivity index is 2.28. The standard InChI is InChI=1S/C9H4Cl2NOS/c10-6-1-2-7(11)8(5-6)13-9-12-3-4-14-9/h1-2,4-5H. The maximum Gasteiger partial charge on any atom is 0.279 e. The second-order valence-corrected chi connectivity index (χ2v) is 4.08. The molecule has 0 bridgehead atoms. The highest BCUT2D eigenvalue weighted by Crippen LogP contribution is 2.32. The molecule has 0 fully saturated rings. The van der Waals surface area contributed by atoms with Crippen molar-refractivity contribution in [1.29, 1.82) is 0 Å². The molecule has 0 amide bonds. The van der Waals surface area contributed by atoms with E-state index < -0.39 is 0 Å². The number of hydrogen-bond acceptors (Lipinski definition) is 3. The zero-order valence-corrected chi connectivity index (χ0v) is 9.16. The van der Waals surface area contributed by atoms with Crippen LogP contribution in [0.15, 0.2) is 23.6 Å². The van der Waals surface area contributed by atoms with E-state index in [0.29, 0.717) is 21.0 Å². The van der Waals surface area contributed by atoms with Crippen LogP contribution in [0.3, 0.4) is 0 Å². The van der Waals surface area contributed by atoms with Crippen LogP contribution in [0.5, 0.6) is 10.9 Å². The fourth-order valence-electron chi connectivity index (χ4n) is 0.879. The van der Waals surface area contributed by atoms with Crippen molar-refractivity contribution < 1.29 is 4.74 Å². The summed E-state index contributed by atoms with van der Waals surface area (Å²) < 4.78 is 5.39. The summed E-state index contributed by atoms with van der Waals surface area (Å²) in [6.45, 7) is 0. The number of ether oxygens (including phenoxy) is 1. The summed E-state index contributed by atoms with van der Waals surface area (Å²) in [6.07, 6.45) is 2.65. The Morgan fingerprint density at radius 1 is 1.36 bits per heavy atom. The Kier molecular flexibility index (Phi) is 2.91. The van der Waals surface area contributed by atoms with Gasteiger partial charge in [0.2, 0.25) is 0 Å². The van der Waals surface area contributed by atoms with Gasteiger partial charge in [0.1, 0.15) is 11.9 Å². The van der Waals surface area contributed by atoms with E-state index in [9.17, 15) is 0 Å². The van der Waals surface area contributed by atoms with Gasteiger partial charge in [-0.15, -0.1) is 0 Å². The van der Waals surface area contributed by atoms with E-state index in [1.807, 2.05) is 0 Å². The lowest BCUT2D eigenvalue weighted by atomic mass is 10.3.